The number of carbonyl (C=O) groups is 3. The maximum atomic E-state index is 12.5. The number of fused-ring (bicyclic) bond motifs is 1. The third-order valence-corrected chi connectivity index (χ3v) is 7.13. The van der Waals surface area contributed by atoms with E-state index in [9.17, 15) is 22.8 Å². The van der Waals surface area contributed by atoms with Crippen LogP contribution in [0.3, 0.4) is 0 Å². The Balaban J connectivity index is 1.44. The molecule has 0 aromatic heterocycles. The van der Waals surface area contributed by atoms with Gasteiger partial charge >= 0.3 is 0 Å². The van der Waals surface area contributed by atoms with E-state index in [0.29, 0.717) is 17.9 Å². The Hall–Kier alpha value is -2.95. The molecule has 32 heavy (non-hydrogen) atoms. The molecule has 0 aliphatic carbocycles. The Morgan fingerprint density at radius 2 is 1.75 bits per heavy atom. The number of amides is 3. The van der Waals surface area contributed by atoms with Gasteiger partial charge in [0, 0.05) is 30.1 Å². The number of nitrogens with one attached hydrogen (secondary N) is 3. The lowest BCUT2D eigenvalue weighted by molar-refractivity contribution is -0.129. The van der Waals surface area contributed by atoms with Gasteiger partial charge in [0.25, 0.3) is 5.91 Å². The van der Waals surface area contributed by atoms with Crippen molar-refractivity contribution in [2.45, 2.75) is 24.2 Å². The third-order valence-electron chi connectivity index (χ3n) is 5.06. The van der Waals surface area contributed by atoms with E-state index in [1.165, 1.54) is 31.3 Å². The van der Waals surface area contributed by atoms with Crippen molar-refractivity contribution in [1.29, 1.82) is 0 Å². The Kier molecular flexibility index (Phi) is 7.49. The Bertz CT molecular complexity index is 1120. The summed E-state index contributed by atoms with van der Waals surface area (Å²) in [5, 5.41) is 3.22. The van der Waals surface area contributed by atoms with Crippen molar-refractivity contribution >= 4 is 45.0 Å². The van der Waals surface area contributed by atoms with E-state index >= 15 is 0 Å². The van der Waals surface area contributed by atoms with Crippen molar-refractivity contribution in [2.24, 2.45) is 5.92 Å². The maximum absolute atomic E-state index is 12.5. The third kappa shape index (κ3) is 5.84. The highest BCUT2D eigenvalue weighted by atomic mass is 35.5. The largest absolute Gasteiger partial charge is 0.326 e. The van der Waals surface area contributed by atoms with Gasteiger partial charge in [0.15, 0.2) is 0 Å². The molecule has 0 unspecified atom stereocenters. The first-order chi connectivity index (χ1) is 15.2. The molecular formula is C21H23ClN4O5S. The molecule has 0 radical (unpaired) electrons. The predicted octanol–water partition coefficient (Wildman–Crippen LogP) is 1.70. The molecule has 1 heterocycles. The van der Waals surface area contributed by atoms with E-state index in [0.717, 1.165) is 15.6 Å². The van der Waals surface area contributed by atoms with Crippen LogP contribution in [0.15, 0.2) is 53.4 Å². The van der Waals surface area contributed by atoms with Gasteiger partial charge in [-0.2, -0.15) is 4.31 Å². The number of carbonyl (C=O) groups excluding carboxylic acids is 3. The fraction of sp³-hybridized carbons (Fsp3) is 0.286. The summed E-state index contributed by atoms with van der Waals surface area (Å²) in [5.74, 6) is -1.67. The van der Waals surface area contributed by atoms with Crippen LogP contribution in [-0.2, 0) is 30.8 Å². The molecule has 0 saturated carbocycles. The van der Waals surface area contributed by atoms with Crippen LogP contribution in [0.4, 0.5) is 5.69 Å². The maximum Gasteiger partial charge on any atom is 0.253 e. The second kappa shape index (κ2) is 10.1. The molecule has 9 nitrogen and oxygen atoms in total. The Morgan fingerprint density at radius 3 is 2.47 bits per heavy atom. The van der Waals surface area contributed by atoms with Crippen LogP contribution in [-0.4, -0.2) is 44.0 Å². The molecule has 3 N–H and O–H groups in total. The monoisotopic (exact) mass is 478 g/mol. The summed E-state index contributed by atoms with van der Waals surface area (Å²) in [6, 6.07) is 13.0. The minimum absolute atomic E-state index is 0.00596. The summed E-state index contributed by atoms with van der Waals surface area (Å²) in [7, 11) is -2.63. The van der Waals surface area contributed by atoms with Crippen molar-refractivity contribution < 1.29 is 22.8 Å². The highest BCUT2D eigenvalue weighted by molar-refractivity contribution is 7.89. The molecule has 0 bridgehead atoms. The summed E-state index contributed by atoms with van der Waals surface area (Å²) in [6.45, 7) is -0.493. The minimum Gasteiger partial charge on any atom is -0.326 e. The first kappa shape index (κ1) is 23.7. The van der Waals surface area contributed by atoms with E-state index in [1.807, 2.05) is 24.3 Å². The fourth-order valence-electron chi connectivity index (χ4n) is 3.27. The van der Waals surface area contributed by atoms with Crippen molar-refractivity contribution in [3.63, 3.8) is 0 Å². The summed E-state index contributed by atoms with van der Waals surface area (Å²) < 4.78 is 25.8. The highest BCUT2D eigenvalue weighted by Gasteiger charge is 2.26. The number of likely N-dealkylation sites (N-methyl/N-ethyl adjacent to an activating group) is 1. The van der Waals surface area contributed by atoms with E-state index in [-0.39, 0.29) is 23.1 Å². The van der Waals surface area contributed by atoms with Gasteiger partial charge in [-0.15, -0.1) is 0 Å². The molecule has 1 atom stereocenters. The van der Waals surface area contributed by atoms with E-state index in [1.54, 1.807) is 0 Å². The molecule has 170 valence electrons. The van der Waals surface area contributed by atoms with Gasteiger partial charge in [-0.3, -0.25) is 25.2 Å². The van der Waals surface area contributed by atoms with E-state index in [4.69, 9.17) is 11.6 Å². The van der Waals surface area contributed by atoms with Crippen molar-refractivity contribution in [1.82, 2.24) is 15.2 Å². The molecule has 0 spiro atoms. The standard InChI is InChI=1S/C21H23ClN4O5S/c1-26(32(30,31)17-9-7-16(22)8-10-17)13-20(28)25-24-19(27)11-6-15-12-14-4-2-3-5-18(14)23-21(15)29/h2-5,7-10,15H,6,11-13H2,1H3,(H,23,29)(H,24,27)(H,25,28)/t15-/m0/s1. The number of hydrogen-bond donors (Lipinski definition) is 3. The normalized spacial score (nSPS) is 15.6. The van der Waals surface area contributed by atoms with Crippen LogP contribution in [0, 0.1) is 5.92 Å². The van der Waals surface area contributed by atoms with Gasteiger partial charge in [-0.1, -0.05) is 29.8 Å². The molecule has 2 aromatic rings. The van der Waals surface area contributed by atoms with E-state index in [2.05, 4.69) is 16.2 Å². The second-order valence-corrected chi connectivity index (χ2v) is 9.88. The second-order valence-electron chi connectivity index (χ2n) is 7.40. The molecule has 3 rings (SSSR count). The topological polar surface area (TPSA) is 125 Å². The van der Waals surface area contributed by atoms with Gasteiger partial charge in [0.1, 0.15) is 0 Å². The van der Waals surface area contributed by atoms with E-state index < -0.39 is 28.4 Å². The number of benzene rings is 2. The summed E-state index contributed by atoms with van der Waals surface area (Å²) >= 11 is 5.77. The highest BCUT2D eigenvalue weighted by Crippen LogP contribution is 2.27. The first-order valence-electron chi connectivity index (χ1n) is 9.85. The number of rotatable bonds is 7. The molecule has 2 aromatic carbocycles. The molecule has 3 amide bonds. The number of para-hydroxylation sites is 1. The van der Waals surface area contributed by atoms with Gasteiger partial charge in [0.2, 0.25) is 21.8 Å². The zero-order valence-electron chi connectivity index (χ0n) is 17.3. The quantitative estimate of drug-likeness (QED) is 0.522. The van der Waals surface area contributed by atoms with Crippen molar-refractivity contribution in [2.75, 3.05) is 18.9 Å². The van der Waals surface area contributed by atoms with Gasteiger partial charge in [-0.05, 0) is 48.7 Å². The van der Waals surface area contributed by atoms with Gasteiger partial charge in [0.05, 0.1) is 11.4 Å². The van der Waals surface area contributed by atoms with Gasteiger partial charge in [-0.25, -0.2) is 8.42 Å². The van der Waals surface area contributed by atoms with Crippen LogP contribution < -0.4 is 16.2 Å². The molecular weight excluding hydrogens is 456 g/mol. The summed E-state index contributed by atoms with van der Waals surface area (Å²) in [6.07, 6.45) is 0.876. The van der Waals surface area contributed by atoms with Crippen LogP contribution in [0.25, 0.3) is 0 Å². The zero-order chi connectivity index (χ0) is 23.3. The lowest BCUT2D eigenvalue weighted by atomic mass is 9.89. The first-order valence-corrected chi connectivity index (χ1v) is 11.7. The number of nitrogens with zero attached hydrogens (tertiary/aromatic N) is 1. The minimum atomic E-state index is -3.89. The number of hydrogen-bond acceptors (Lipinski definition) is 5. The molecule has 1 aliphatic heterocycles. The lowest BCUT2D eigenvalue weighted by Gasteiger charge is -2.24. The fourth-order valence-corrected chi connectivity index (χ4v) is 4.52. The van der Waals surface area contributed by atoms with Gasteiger partial charge < -0.3 is 5.32 Å². The predicted molar refractivity (Wildman–Crippen MR) is 119 cm³/mol. The van der Waals surface area contributed by atoms with Crippen LogP contribution in [0.1, 0.15) is 18.4 Å². The number of halogens is 1. The number of anilines is 1. The average Bonchev–Trinajstić information content (AvgIpc) is 2.76. The van der Waals surface area contributed by atoms with Crippen LogP contribution in [0.2, 0.25) is 5.02 Å². The SMILES string of the molecule is CN(CC(=O)NNC(=O)CC[C@H]1Cc2ccccc2NC1=O)S(=O)(=O)c1ccc(Cl)cc1. The van der Waals surface area contributed by atoms with Crippen molar-refractivity contribution in [3.05, 3.63) is 59.1 Å². The van der Waals surface area contributed by atoms with Crippen LogP contribution in [0.5, 0.6) is 0 Å². The van der Waals surface area contributed by atoms with Crippen molar-refractivity contribution in [3.8, 4) is 0 Å². The number of hydrazine groups is 1. The summed E-state index contributed by atoms with van der Waals surface area (Å²) in [4.78, 5) is 36.3. The molecule has 11 heteroatoms. The Morgan fingerprint density at radius 1 is 1.09 bits per heavy atom. The molecule has 0 fully saturated rings. The lowest BCUT2D eigenvalue weighted by Crippen LogP contribution is -2.46. The zero-order valence-corrected chi connectivity index (χ0v) is 18.9. The molecule has 0 saturated heterocycles. The Labute approximate surface area is 191 Å². The molecule has 1 aliphatic rings. The average molecular weight is 479 g/mol. The smallest absolute Gasteiger partial charge is 0.253 e. The summed E-state index contributed by atoms with van der Waals surface area (Å²) in [5.41, 5.74) is 6.24. The van der Waals surface area contributed by atoms with Crippen LogP contribution >= 0.6 is 11.6 Å². The number of sulfonamides is 1.